The van der Waals surface area contributed by atoms with Crippen molar-refractivity contribution < 1.29 is 4.39 Å². The summed E-state index contributed by atoms with van der Waals surface area (Å²) >= 11 is 0. The van der Waals surface area contributed by atoms with E-state index in [0.717, 1.165) is 22.3 Å². The molecule has 0 aliphatic carbocycles. The van der Waals surface area contributed by atoms with Crippen LogP contribution >= 0.6 is 0 Å². The molecule has 2 N–H and O–H groups in total. The Labute approximate surface area is 101 Å². The van der Waals surface area contributed by atoms with Crippen LogP contribution in [-0.2, 0) is 0 Å². The number of hydrogen-bond donors (Lipinski definition) is 1. The largest absolute Gasteiger partial charge is 0.320 e. The van der Waals surface area contributed by atoms with Gasteiger partial charge in [-0.15, -0.1) is 0 Å². The van der Waals surface area contributed by atoms with Crippen LogP contribution in [0.1, 0.15) is 28.3 Å². The summed E-state index contributed by atoms with van der Waals surface area (Å²) in [5.74, 6) is -0.233. The maximum atomic E-state index is 13.3. The van der Waals surface area contributed by atoms with Crippen molar-refractivity contribution in [3.8, 4) is 0 Å². The van der Waals surface area contributed by atoms with Gasteiger partial charge in [0.15, 0.2) is 0 Å². The molecule has 0 amide bonds. The maximum Gasteiger partial charge on any atom is 0.123 e. The lowest BCUT2D eigenvalue weighted by Gasteiger charge is -2.14. The van der Waals surface area contributed by atoms with Gasteiger partial charge in [-0.05, 0) is 42.7 Å². The third kappa shape index (κ3) is 2.71. The summed E-state index contributed by atoms with van der Waals surface area (Å²) in [7, 11) is 0. The Kier molecular flexibility index (Phi) is 3.25. The van der Waals surface area contributed by atoms with E-state index in [2.05, 4.69) is 0 Å². The van der Waals surface area contributed by atoms with Gasteiger partial charge in [-0.1, -0.05) is 35.9 Å². The molecule has 17 heavy (non-hydrogen) atoms. The van der Waals surface area contributed by atoms with Crippen LogP contribution in [0.15, 0.2) is 42.5 Å². The van der Waals surface area contributed by atoms with Crippen molar-refractivity contribution in [1.29, 1.82) is 0 Å². The Morgan fingerprint density at radius 3 is 2.29 bits per heavy atom. The Balaban J connectivity index is 2.39. The lowest BCUT2D eigenvalue weighted by Crippen LogP contribution is -2.12. The molecule has 2 heteroatoms. The normalized spacial score (nSPS) is 12.5. The summed E-state index contributed by atoms with van der Waals surface area (Å²) in [6, 6.07) is 12.7. The molecular formula is C15H16FN. The Bertz CT molecular complexity index is 514. The fourth-order valence-corrected chi connectivity index (χ4v) is 2.00. The molecule has 1 nitrogen and oxygen atoms in total. The van der Waals surface area contributed by atoms with E-state index in [1.807, 2.05) is 44.2 Å². The molecule has 1 atom stereocenters. The molecule has 0 saturated heterocycles. The second-order valence-corrected chi connectivity index (χ2v) is 4.45. The van der Waals surface area contributed by atoms with Gasteiger partial charge >= 0.3 is 0 Å². The Morgan fingerprint density at radius 2 is 1.65 bits per heavy atom. The van der Waals surface area contributed by atoms with E-state index < -0.39 is 0 Å². The molecule has 0 aliphatic heterocycles. The summed E-state index contributed by atoms with van der Waals surface area (Å²) in [6.07, 6.45) is 0. The molecule has 2 rings (SSSR count). The highest BCUT2D eigenvalue weighted by Crippen LogP contribution is 2.22. The average Bonchev–Trinajstić information content (AvgIpc) is 2.26. The van der Waals surface area contributed by atoms with Crippen molar-refractivity contribution in [2.45, 2.75) is 19.9 Å². The van der Waals surface area contributed by atoms with Gasteiger partial charge in [-0.3, -0.25) is 0 Å². The van der Waals surface area contributed by atoms with E-state index in [1.165, 1.54) is 12.1 Å². The van der Waals surface area contributed by atoms with E-state index in [-0.39, 0.29) is 11.9 Å². The molecule has 0 fully saturated rings. The number of aryl methyl sites for hydroxylation is 2. The predicted octanol–water partition coefficient (Wildman–Crippen LogP) is 3.49. The van der Waals surface area contributed by atoms with Gasteiger partial charge in [0.1, 0.15) is 5.82 Å². The fraction of sp³-hybridized carbons (Fsp3) is 0.200. The van der Waals surface area contributed by atoms with Crippen LogP contribution in [0.3, 0.4) is 0 Å². The van der Waals surface area contributed by atoms with Gasteiger partial charge in [0.05, 0.1) is 6.04 Å². The SMILES string of the molecule is Cc1cccc(C(N)c2cc(C)cc(F)c2)c1. The third-order valence-electron chi connectivity index (χ3n) is 2.82. The molecule has 88 valence electrons. The zero-order chi connectivity index (χ0) is 12.4. The molecule has 0 spiro atoms. The number of hydrogen-bond acceptors (Lipinski definition) is 1. The highest BCUT2D eigenvalue weighted by atomic mass is 19.1. The lowest BCUT2D eigenvalue weighted by atomic mass is 9.97. The van der Waals surface area contributed by atoms with E-state index in [1.54, 1.807) is 0 Å². The first-order chi connectivity index (χ1) is 8.06. The number of rotatable bonds is 2. The Morgan fingerprint density at radius 1 is 0.941 bits per heavy atom. The van der Waals surface area contributed by atoms with Crippen molar-refractivity contribution in [2.24, 2.45) is 5.73 Å². The smallest absolute Gasteiger partial charge is 0.123 e. The topological polar surface area (TPSA) is 26.0 Å². The molecule has 0 aliphatic rings. The lowest BCUT2D eigenvalue weighted by molar-refractivity contribution is 0.622. The standard InChI is InChI=1S/C15H16FN/c1-10-4-3-5-12(6-10)15(17)13-7-11(2)8-14(16)9-13/h3-9,15H,17H2,1-2H3. The zero-order valence-electron chi connectivity index (χ0n) is 10.1. The van der Waals surface area contributed by atoms with Crippen LogP contribution in [0.25, 0.3) is 0 Å². The van der Waals surface area contributed by atoms with Gasteiger partial charge < -0.3 is 5.73 Å². The van der Waals surface area contributed by atoms with Gasteiger partial charge in [-0.25, -0.2) is 4.39 Å². The second-order valence-electron chi connectivity index (χ2n) is 4.45. The summed E-state index contributed by atoms with van der Waals surface area (Å²) in [5.41, 5.74) is 10.0. The quantitative estimate of drug-likeness (QED) is 0.838. The van der Waals surface area contributed by atoms with Crippen LogP contribution in [0.4, 0.5) is 4.39 Å². The summed E-state index contributed by atoms with van der Waals surface area (Å²) in [6.45, 7) is 3.89. The minimum absolute atomic E-state index is 0.233. The van der Waals surface area contributed by atoms with Crippen molar-refractivity contribution in [2.75, 3.05) is 0 Å². The number of benzene rings is 2. The minimum Gasteiger partial charge on any atom is -0.320 e. The first-order valence-electron chi connectivity index (χ1n) is 5.65. The molecule has 0 bridgehead atoms. The van der Waals surface area contributed by atoms with Crippen molar-refractivity contribution in [3.63, 3.8) is 0 Å². The van der Waals surface area contributed by atoms with Crippen LogP contribution in [0.5, 0.6) is 0 Å². The summed E-state index contributed by atoms with van der Waals surface area (Å²) < 4.78 is 13.3. The monoisotopic (exact) mass is 229 g/mol. The van der Waals surface area contributed by atoms with E-state index in [9.17, 15) is 4.39 Å². The first-order valence-corrected chi connectivity index (χ1v) is 5.65. The third-order valence-corrected chi connectivity index (χ3v) is 2.82. The van der Waals surface area contributed by atoms with E-state index in [0.29, 0.717) is 0 Å². The molecule has 2 aromatic carbocycles. The molecular weight excluding hydrogens is 213 g/mol. The second kappa shape index (κ2) is 4.68. The molecule has 0 heterocycles. The molecule has 0 aromatic heterocycles. The van der Waals surface area contributed by atoms with Gasteiger partial charge in [-0.2, -0.15) is 0 Å². The van der Waals surface area contributed by atoms with Crippen molar-refractivity contribution in [3.05, 3.63) is 70.5 Å². The molecule has 0 radical (unpaired) electrons. The molecule has 1 unspecified atom stereocenters. The molecule has 0 saturated carbocycles. The predicted molar refractivity (Wildman–Crippen MR) is 68.3 cm³/mol. The maximum absolute atomic E-state index is 13.3. The fourth-order valence-electron chi connectivity index (χ4n) is 2.00. The van der Waals surface area contributed by atoms with Gasteiger partial charge in [0, 0.05) is 0 Å². The average molecular weight is 229 g/mol. The minimum atomic E-state index is -0.274. The first kappa shape index (κ1) is 11.8. The van der Waals surface area contributed by atoms with Crippen molar-refractivity contribution >= 4 is 0 Å². The van der Waals surface area contributed by atoms with Gasteiger partial charge in [0.2, 0.25) is 0 Å². The highest BCUT2D eigenvalue weighted by Gasteiger charge is 2.10. The van der Waals surface area contributed by atoms with Crippen LogP contribution in [0, 0.1) is 19.7 Å². The highest BCUT2D eigenvalue weighted by molar-refractivity contribution is 5.35. The van der Waals surface area contributed by atoms with Gasteiger partial charge in [0.25, 0.3) is 0 Å². The van der Waals surface area contributed by atoms with Crippen molar-refractivity contribution in [1.82, 2.24) is 0 Å². The Hall–Kier alpha value is -1.67. The number of nitrogens with two attached hydrogens (primary N) is 1. The summed E-state index contributed by atoms with van der Waals surface area (Å²) in [5, 5.41) is 0. The summed E-state index contributed by atoms with van der Waals surface area (Å²) in [4.78, 5) is 0. The van der Waals surface area contributed by atoms with E-state index >= 15 is 0 Å². The van der Waals surface area contributed by atoms with Crippen LogP contribution in [0.2, 0.25) is 0 Å². The molecule has 2 aromatic rings. The van der Waals surface area contributed by atoms with Crippen LogP contribution in [-0.4, -0.2) is 0 Å². The zero-order valence-corrected chi connectivity index (χ0v) is 10.1. The van der Waals surface area contributed by atoms with Crippen LogP contribution < -0.4 is 5.73 Å². The van der Waals surface area contributed by atoms with E-state index in [4.69, 9.17) is 5.73 Å². The number of halogens is 1.